The van der Waals surface area contributed by atoms with Crippen molar-refractivity contribution < 1.29 is 14.1 Å². The van der Waals surface area contributed by atoms with Crippen LogP contribution in [0.4, 0.5) is 5.69 Å². The number of imidazole rings is 1. The highest BCUT2D eigenvalue weighted by molar-refractivity contribution is 5.95. The zero-order chi connectivity index (χ0) is 18.8. The Morgan fingerprint density at radius 1 is 1.35 bits per heavy atom. The molecule has 1 aromatic carbocycles. The molecule has 0 saturated carbocycles. The number of aromatic nitrogens is 2. The molecule has 3 rings (SSSR count). The van der Waals surface area contributed by atoms with Crippen LogP contribution in [0, 0.1) is 24.0 Å². The molecule has 2 heterocycles. The minimum Gasteiger partial charge on any atom is -0.466 e. The molecule has 0 aliphatic carbocycles. The van der Waals surface area contributed by atoms with E-state index < -0.39 is 10.8 Å². The lowest BCUT2D eigenvalue weighted by Crippen LogP contribution is -2.26. The molecule has 8 heteroatoms. The van der Waals surface area contributed by atoms with Gasteiger partial charge in [-0.3, -0.25) is 14.9 Å². The van der Waals surface area contributed by atoms with Crippen molar-refractivity contribution in [3.05, 3.63) is 75.7 Å². The summed E-state index contributed by atoms with van der Waals surface area (Å²) in [6.45, 7) is 5.50. The standard InChI is InChI=1S/C18H18N4O4/c1-11-8-15(13(3)26-11)12(2)20-18(23)14-4-5-16(17(9-14)22(24)25)21-7-6-19-10-21/h4-10,12H,1-3H3,(H,20,23). The second kappa shape index (κ2) is 6.83. The number of furan rings is 1. The number of aryl methyl sites for hydroxylation is 2. The molecule has 0 saturated heterocycles. The number of amides is 1. The van der Waals surface area contributed by atoms with Gasteiger partial charge in [0.2, 0.25) is 0 Å². The fourth-order valence-electron chi connectivity index (χ4n) is 2.87. The van der Waals surface area contributed by atoms with Crippen molar-refractivity contribution in [1.82, 2.24) is 14.9 Å². The first kappa shape index (κ1) is 17.4. The first-order valence-corrected chi connectivity index (χ1v) is 8.01. The number of nitrogens with one attached hydrogen (secondary N) is 1. The van der Waals surface area contributed by atoms with Crippen LogP contribution >= 0.6 is 0 Å². The second-order valence-electron chi connectivity index (χ2n) is 5.99. The predicted octanol–water partition coefficient (Wildman–Crippen LogP) is 3.48. The van der Waals surface area contributed by atoms with Crippen LogP contribution in [0.15, 0.2) is 47.4 Å². The molecule has 1 N–H and O–H groups in total. The van der Waals surface area contributed by atoms with Crippen LogP contribution in [0.5, 0.6) is 0 Å². The van der Waals surface area contributed by atoms with Crippen LogP contribution in [0.1, 0.15) is 40.4 Å². The van der Waals surface area contributed by atoms with E-state index in [0.29, 0.717) is 5.69 Å². The third-order valence-electron chi connectivity index (χ3n) is 4.11. The molecule has 0 aliphatic rings. The number of carbonyl (C=O) groups is 1. The van der Waals surface area contributed by atoms with Gasteiger partial charge in [-0.1, -0.05) is 0 Å². The maximum absolute atomic E-state index is 12.5. The fraction of sp³-hybridized carbons (Fsp3) is 0.222. The van der Waals surface area contributed by atoms with Crippen LogP contribution in [0.3, 0.4) is 0 Å². The van der Waals surface area contributed by atoms with Gasteiger partial charge in [-0.15, -0.1) is 0 Å². The molecule has 0 fully saturated rings. The molecule has 3 aromatic rings. The quantitative estimate of drug-likeness (QED) is 0.558. The Kier molecular flexibility index (Phi) is 4.57. The third-order valence-corrected chi connectivity index (χ3v) is 4.11. The van der Waals surface area contributed by atoms with Crippen molar-refractivity contribution in [2.75, 3.05) is 0 Å². The highest BCUT2D eigenvalue weighted by Gasteiger charge is 2.21. The van der Waals surface area contributed by atoms with E-state index in [1.807, 2.05) is 26.8 Å². The van der Waals surface area contributed by atoms with Crippen molar-refractivity contribution in [1.29, 1.82) is 0 Å². The summed E-state index contributed by atoms with van der Waals surface area (Å²) in [4.78, 5) is 27.3. The lowest BCUT2D eigenvalue weighted by atomic mass is 10.1. The predicted molar refractivity (Wildman–Crippen MR) is 94.3 cm³/mol. The van der Waals surface area contributed by atoms with E-state index in [9.17, 15) is 14.9 Å². The largest absolute Gasteiger partial charge is 0.466 e. The molecule has 0 bridgehead atoms. The highest BCUT2D eigenvalue weighted by Crippen LogP contribution is 2.25. The third kappa shape index (κ3) is 3.34. The zero-order valence-corrected chi connectivity index (χ0v) is 14.6. The van der Waals surface area contributed by atoms with E-state index in [4.69, 9.17) is 4.42 Å². The van der Waals surface area contributed by atoms with Crippen molar-refractivity contribution >= 4 is 11.6 Å². The minimum atomic E-state index is -0.515. The summed E-state index contributed by atoms with van der Waals surface area (Å²) >= 11 is 0. The van der Waals surface area contributed by atoms with Crippen LogP contribution in [-0.2, 0) is 0 Å². The Morgan fingerprint density at radius 2 is 2.12 bits per heavy atom. The number of nitro groups is 1. The lowest BCUT2D eigenvalue weighted by Gasteiger charge is -2.13. The van der Waals surface area contributed by atoms with Crippen molar-refractivity contribution in [2.45, 2.75) is 26.8 Å². The van der Waals surface area contributed by atoms with Crippen LogP contribution in [0.25, 0.3) is 5.69 Å². The van der Waals surface area contributed by atoms with Gasteiger partial charge in [-0.2, -0.15) is 0 Å². The van der Waals surface area contributed by atoms with Gasteiger partial charge in [0.25, 0.3) is 11.6 Å². The molecule has 8 nitrogen and oxygen atoms in total. The summed E-state index contributed by atoms with van der Waals surface area (Å²) in [5.41, 5.74) is 1.27. The monoisotopic (exact) mass is 354 g/mol. The number of rotatable bonds is 5. The number of hydrogen-bond acceptors (Lipinski definition) is 5. The van der Waals surface area contributed by atoms with E-state index in [1.165, 1.54) is 29.2 Å². The Balaban J connectivity index is 1.87. The Morgan fingerprint density at radius 3 is 2.69 bits per heavy atom. The van der Waals surface area contributed by atoms with Crippen LogP contribution in [0.2, 0.25) is 0 Å². The summed E-state index contributed by atoms with van der Waals surface area (Å²) < 4.78 is 7.01. The highest BCUT2D eigenvalue weighted by atomic mass is 16.6. The van der Waals surface area contributed by atoms with Crippen molar-refractivity contribution in [3.8, 4) is 5.69 Å². The molecule has 1 unspecified atom stereocenters. The van der Waals surface area contributed by atoms with Gasteiger partial charge in [-0.25, -0.2) is 4.98 Å². The normalized spacial score (nSPS) is 12.0. The van der Waals surface area contributed by atoms with E-state index >= 15 is 0 Å². The van der Waals surface area contributed by atoms with Crippen molar-refractivity contribution in [2.24, 2.45) is 0 Å². The topological polar surface area (TPSA) is 103 Å². The number of nitrogens with zero attached hydrogens (tertiary/aromatic N) is 3. The van der Waals surface area contributed by atoms with E-state index in [0.717, 1.165) is 17.1 Å². The van der Waals surface area contributed by atoms with E-state index in [1.54, 1.807) is 12.3 Å². The number of benzene rings is 1. The van der Waals surface area contributed by atoms with Gasteiger partial charge < -0.3 is 14.3 Å². The molecule has 1 atom stereocenters. The Bertz CT molecular complexity index is 960. The van der Waals surface area contributed by atoms with Gasteiger partial charge in [0.05, 0.1) is 17.3 Å². The average molecular weight is 354 g/mol. The SMILES string of the molecule is Cc1cc(C(C)NC(=O)c2ccc(-n3ccnc3)c([N+](=O)[O-])c2)c(C)o1. The number of hydrogen-bond donors (Lipinski definition) is 1. The first-order valence-electron chi connectivity index (χ1n) is 8.01. The van der Waals surface area contributed by atoms with Gasteiger partial charge in [0.15, 0.2) is 0 Å². The maximum atomic E-state index is 12.5. The summed E-state index contributed by atoms with van der Waals surface area (Å²) in [6, 6.07) is 5.94. The van der Waals surface area contributed by atoms with Crippen molar-refractivity contribution in [3.63, 3.8) is 0 Å². The fourth-order valence-corrected chi connectivity index (χ4v) is 2.87. The molecule has 0 aliphatic heterocycles. The molecule has 0 radical (unpaired) electrons. The lowest BCUT2D eigenvalue weighted by molar-refractivity contribution is -0.384. The molecule has 0 spiro atoms. The zero-order valence-electron chi connectivity index (χ0n) is 14.6. The smallest absolute Gasteiger partial charge is 0.294 e. The van der Waals surface area contributed by atoms with Gasteiger partial charge in [0, 0.05) is 29.6 Å². The Labute approximate surface area is 149 Å². The molecule has 2 aromatic heterocycles. The minimum absolute atomic E-state index is 0.168. The molecule has 134 valence electrons. The van der Waals surface area contributed by atoms with Gasteiger partial charge >= 0.3 is 0 Å². The summed E-state index contributed by atoms with van der Waals surface area (Å²) in [7, 11) is 0. The molecule has 26 heavy (non-hydrogen) atoms. The second-order valence-corrected chi connectivity index (χ2v) is 5.99. The van der Waals surface area contributed by atoms with E-state index in [2.05, 4.69) is 10.3 Å². The summed E-state index contributed by atoms with van der Waals surface area (Å²) in [6.07, 6.45) is 4.60. The summed E-state index contributed by atoms with van der Waals surface area (Å²) in [5, 5.41) is 14.3. The number of nitro benzene ring substituents is 1. The molecular weight excluding hydrogens is 336 g/mol. The van der Waals surface area contributed by atoms with Gasteiger partial charge in [0.1, 0.15) is 17.2 Å². The van der Waals surface area contributed by atoms with E-state index in [-0.39, 0.29) is 17.3 Å². The molecule has 1 amide bonds. The van der Waals surface area contributed by atoms with Crippen LogP contribution in [-0.4, -0.2) is 20.4 Å². The Hall–Kier alpha value is -3.42. The first-order chi connectivity index (χ1) is 12.4. The van der Waals surface area contributed by atoms with Crippen LogP contribution < -0.4 is 5.32 Å². The summed E-state index contributed by atoms with van der Waals surface area (Å²) in [5.74, 6) is 1.10. The maximum Gasteiger partial charge on any atom is 0.294 e. The average Bonchev–Trinajstić information content (AvgIpc) is 3.23. The molecular formula is C18H18N4O4. The number of carbonyl (C=O) groups excluding carboxylic acids is 1. The van der Waals surface area contributed by atoms with Gasteiger partial charge in [-0.05, 0) is 39.0 Å².